The van der Waals surface area contributed by atoms with Crippen molar-refractivity contribution < 1.29 is 4.52 Å². The molecule has 1 N–H and O–H groups in total. The van der Waals surface area contributed by atoms with Crippen molar-refractivity contribution in [1.29, 1.82) is 0 Å². The zero-order valence-corrected chi connectivity index (χ0v) is 12.5. The number of likely N-dealkylation sites (tertiary alicyclic amines) is 1. The van der Waals surface area contributed by atoms with Crippen molar-refractivity contribution in [3.63, 3.8) is 0 Å². The van der Waals surface area contributed by atoms with Crippen LogP contribution in [0.4, 0.5) is 0 Å². The van der Waals surface area contributed by atoms with Crippen molar-refractivity contribution >= 4 is 0 Å². The normalized spacial score (nSPS) is 22.9. The fourth-order valence-electron chi connectivity index (χ4n) is 2.64. The topological polar surface area (TPSA) is 54.2 Å². The summed E-state index contributed by atoms with van der Waals surface area (Å²) in [6.45, 7) is 8.94. The first-order chi connectivity index (χ1) is 9.10. The molecule has 2 unspecified atom stereocenters. The predicted molar refractivity (Wildman–Crippen MR) is 74.9 cm³/mol. The van der Waals surface area contributed by atoms with Gasteiger partial charge in [-0.25, -0.2) is 0 Å². The molecule has 1 aromatic rings. The van der Waals surface area contributed by atoms with Crippen LogP contribution in [-0.4, -0.2) is 41.2 Å². The number of aromatic nitrogens is 2. The van der Waals surface area contributed by atoms with Gasteiger partial charge in [-0.05, 0) is 53.1 Å². The maximum absolute atomic E-state index is 5.37. The van der Waals surface area contributed by atoms with Crippen molar-refractivity contribution in [3.8, 4) is 0 Å². The molecule has 5 heteroatoms. The molecule has 1 fully saturated rings. The van der Waals surface area contributed by atoms with Crippen LogP contribution in [0, 0.1) is 5.92 Å². The highest BCUT2D eigenvalue weighted by molar-refractivity contribution is 4.93. The summed E-state index contributed by atoms with van der Waals surface area (Å²) in [6.07, 6.45) is 3.45. The first-order valence-corrected chi connectivity index (χ1v) is 7.34. The Kier molecular flexibility index (Phi) is 4.93. The second-order valence-corrected chi connectivity index (χ2v) is 5.86. The standard InChI is InChI=1S/C14H26N4O/c1-10(2)18-7-5-6-12(9-18)8-13-16-14(17-19-13)11(3)15-4/h10-12,15H,5-9H2,1-4H3. The number of nitrogens with zero attached hydrogens (tertiary/aromatic N) is 3. The van der Waals surface area contributed by atoms with Crippen LogP contribution in [0.15, 0.2) is 4.52 Å². The van der Waals surface area contributed by atoms with E-state index in [0.717, 1.165) is 24.7 Å². The van der Waals surface area contributed by atoms with E-state index in [9.17, 15) is 0 Å². The first-order valence-electron chi connectivity index (χ1n) is 7.34. The van der Waals surface area contributed by atoms with Crippen LogP contribution in [0.1, 0.15) is 51.4 Å². The minimum Gasteiger partial charge on any atom is -0.339 e. The lowest BCUT2D eigenvalue weighted by atomic mass is 9.94. The molecule has 0 radical (unpaired) electrons. The van der Waals surface area contributed by atoms with Crippen LogP contribution in [0.3, 0.4) is 0 Å². The van der Waals surface area contributed by atoms with Gasteiger partial charge in [0.2, 0.25) is 5.89 Å². The van der Waals surface area contributed by atoms with Crippen LogP contribution in [0.2, 0.25) is 0 Å². The van der Waals surface area contributed by atoms with Crippen molar-refractivity contribution in [2.45, 2.75) is 52.1 Å². The van der Waals surface area contributed by atoms with Crippen LogP contribution in [-0.2, 0) is 6.42 Å². The Morgan fingerprint density at radius 1 is 1.42 bits per heavy atom. The molecular formula is C14H26N4O. The van der Waals surface area contributed by atoms with Crippen molar-refractivity contribution in [2.75, 3.05) is 20.1 Å². The highest BCUT2D eigenvalue weighted by atomic mass is 16.5. The average molecular weight is 266 g/mol. The van der Waals surface area contributed by atoms with Crippen LogP contribution < -0.4 is 5.32 Å². The summed E-state index contributed by atoms with van der Waals surface area (Å²) >= 11 is 0. The Balaban J connectivity index is 1.91. The molecule has 108 valence electrons. The lowest BCUT2D eigenvalue weighted by molar-refractivity contribution is 0.135. The number of hydrogen-bond donors (Lipinski definition) is 1. The molecular weight excluding hydrogens is 240 g/mol. The van der Waals surface area contributed by atoms with E-state index in [-0.39, 0.29) is 6.04 Å². The molecule has 0 bridgehead atoms. The van der Waals surface area contributed by atoms with E-state index in [4.69, 9.17) is 4.52 Å². The molecule has 1 aliphatic rings. The third-order valence-corrected chi connectivity index (χ3v) is 4.05. The van der Waals surface area contributed by atoms with Gasteiger partial charge in [0.25, 0.3) is 0 Å². The second kappa shape index (κ2) is 6.48. The molecule has 2 heterocycles. The van der Waals surface area contributed by atoms with Crippen LogP contribution in [0.25, 0.3) is 0 Å². The monoisotopic (exact) mass is 266 g/mol. The summed E-state index contributed by atoms with van der Waals surface area (Å²) in [5, 5.41) is 7.17. The van der Waals surface area contributed by atoms with Gasteiger partial charge in [0, 0.05) is 19.0 Å². The van der Waals surface area contributed by atoms with E-state index in [0.29, 0.717) is 12.0 Å². The Bertz CT molecular complexity index is 391. The van der Waals surface area contributed by atoms with E-state index in [1.54, 1.807) is 0 Å². The number of piperidine rings is 1. The van der Waals surface area contributed by atoms with Gasteiger partial charge in [0.15, 0.2) is 5.82 Å². The minimum atomic E-state index is 0.149. The fraction of sp³-hybridized carbons (Fsp3) is 0.857. The lowest BCUT2D eigenvalue weighted by Gasteiger charge is -2.34. The van der Waals surface area contributed by atoms with E-state index in [1.165, 1.54) is 19.4 Å². The molecule has 1 saturated heterocycles. The maximum atomic E-state index is 5.37. The summed E-state index contributed by atoms with van der Waals surface area (Å²) in [6, 6.07) is 0.779. The Morgan fingerprint density at radius 3 is 2.89 bits per heavy atom. The molecule has 1 aliphatic heterocycles. The zero-order valence-electron chi connectivity index (χ0n) is 12.5. The molecule has 2 atom stereocenters. The summed E-state index contributed by atoms with van der Waals surface area (Å²) in [5.74, 6) is 2.19. The third kappa shape index (κ3) is 3.76. The van der Waals surface area contributed by atoms with Crippen LogP contribution in [0.5, 0.6) is 0 Å². The molecule has 5 nitrogen and oxygen atoms in total. The van der Waals surface area contributed by atoms with E-state index in [1.807, 2.05) is 14.0 Å². The summed E-state index contributed by atoms with van der Waals surface area (Å²) in [5.41, 5.74) is 0. The first kappa shape index (κ1) is 14.5. The Hall–Kier alpha value is -0.940. The fourth-order valence-corrected chi connectivity index (χ4v) is 2.64. The van der Waals surface area contributed by atoms with Gasteiger partial charge >= 0.3 is 0 Å². The SMILES string of the molecule is CNC(C)c1noc(CC2CCCN(C(C)C)C2)n1. The minimum absolute atomic E-state index is 0.149. The highest BCUT2D eigenvalue weighted by Crippen LogP contribution is 2.22. The number of rotatable bonds is 5. The Morgan fingerprint density at radius 2 is 2.21 bits per heavy atom. The van der Waals surface area contributed by atoms with Gasteiger partial charge in [-0.3, -0.25) is 0 Å². The molecule has 0 spiro atoms. The van der Waals surface area contributed by atoms with Crippen molar-refractivity contribution in [3.05, 3.63) is 11.7 Å². The van der Waals surface area contributed by atoms with Gasteiger partial charge in [0.1, 0.15) is 0 Å². The van der Waals surface area contributed by atoms with Crippen molar-refractivity contribution in [2.24, 2.45) is 5.92 Å². The lowest BCUT2D eigenvalue weighted by Crippen LogP contribution is -2.40. The third-order valence-electron chi connectivity index (χ3n) is 4.05. The quantitative estimate of drug-likeness (QED) is 0.883. The second-order valence-electron chi connectivity index (χ2n) is 5.86. The summed E-state index contributed by atoms with van der Waals surface area (Å²) in [4.78, 5) is 7.03. The molecule has 0 saturated carbocycles. The summed E-state index contributed by atoms with van der Waals surface area (Å²) < 4.78 is 5.37. The molecule has 0 aliphatic carbocycles. The van der Waals surface area contributed by atoms with Crippen LogP contribution >= 0.6 is 0 Å². The van der Waals surface area contributed by atoms with Gasteiger partial charge in [-0.1, -0.05) is 5.16 Å². The molecule has 19 heavy (non-hydrogen) atoms. The molecule has 0 amide bonds. The summed E-state index contributed by atoms with van der Waals surface area (Å²) in [7, 11) is 1.91. The smallest absolute Gasteiger partial charge is 0.227 e. The Labute approximate surface area is 115 Å². The van der Waals surface area contributed by atoms with Gasteiger partial charge in [0.05, 0.1) is 6.04 Å². The molecule has 2 rings (SSSR count). The van der Waals surface area contributed by atoms with E-state index >= 15 is 0 Å². The van der Waals surface area contributed by atoms with E-state index in [2.05, 4.69) is 34.2 Å². The highest BCUT2D eigenvalue weighted by Gasteiger charge is 2.24. The van der Waals surface area contributed by atoms with Gasteiger partial charge in [-0.2, -0.15) is 4.98 Å². The maximum Gasteiger partial charge on any atom is 0.227 e. The molecule has 1 aromatic heterocycles. The van der Waals surface area contributed by atoms with Crippen molar-refractivity contribution in [1.82, 2.24) is 20.4 Å². The largest absolute Gasteiger partial charge is 0.339 e. The number of nitrogens with one attached hydrogen (secondary N) is 1. The predicted octanol–water partition coefficient (Wildman–Crippen LogP) is 2.01. The number of hydrogen-bond acceptors (Lipinski definition) is 5. The zero-order chi connectivity index (χ0) is 13.8. The average Bonchev–Trinajstić information content (AvgIpc) is 2.86. The molecule has 0 aromatic carbocycles. The van der Waals surface area contributed by atoms with Gasteiger partial charge < -0.3 is 14.7 Å². The van der Waals surface area contributed by atoms with E-state index < -0.39 is 0 Å². The van der Waals surface area contributed by atoms with Gasteiger partial charge in [-0.15, -0.1) is 0 Å².